The van der Waals surface area contributed by atoms with Gasteiger partial charge in [-0.2, -0.15) is 0 Å². The zero-order valence-corrected chi connectivity index (χ0v) is 15.8. The lowest BCUT2D eigenvalue weighted by Crippen LogP contribution is -2.35. The Hall–Kier alpha value is -2.94. The Bertz CT molecular complexity index is 1140. The lowest BCUT2D eigenvalue weighted by Gasteiger charge is -2.27. The van der Waals surface area contributed by atoms with Crippen LogP contribution in [0.4, 0.5) is 5.82 Å². The van der Waals surface area contributed by atoms with Crippen LogP contribution in [0.15, 0.2) is 46.3 Å². The van der Waals surface area contributed by atoms with Crippen LogP contribution in [-0.4, -0.2) is 47.4 Å². The highest BCUT2D eigenvalue weighted by Gasteiger charge is 2.30. The normalized spacial score (nSPS) is 14.2. The topological polar surface area (TPSA) is 96.7 Å². The van der Waals surface area contributed by atoms with Crippen LogP contribution in [0, 0.1) is 0 Å². The fraction of sp³-hybridized carbons (Fsp3) is 0.278. The minimum Gasteiger partial charge on any atom is -0.370 e. The molecule has 0 unspecified atom stereocenters. The number of fused-ring (bicyclic) bond motifs is 3. The second kappa shape index (κ2) is 6.34. The van der Waals surface area contributed by atoms with Crippen LogP contribution in [0.1, 0.15) is 18.2 Å². The highest BCUT2D eigenvalue weighted by atomic mass is 32.2. The first-order valence-corrected chi connectivity index (χ1v) is 10.0. The first-order valence-electron chi connectivity index (χ1n) is 8.56. The van der Waals surface area contributed by atoms with E-state index in [1.807, 2.05) is 0 Å². The molecular weight excluding hydrogens is 366 g/mol. The molecule has 0 radical (unpaired) electrons. The number of nitrogens with zero attached hydrogens (tertiary/aromatic N) is 4. The molecule has 1 aliphatic rings. The molecule has 1 aliphatic heterocycles. The number of amides is 1. The third kappa shape index (κ3) is 2.74. The molecule has 2 aromatic heterocycles. The Kier molecular flexibility index (Phi) is 4.11. The number of nitrogens with one attached hydrogen (secondary N) is 1. The molecule has 0 saturated carbocycles. The average molecular weight is 385 g/mol. The number of anilines is 1. The van der Waals surface area contributed by atoms with E-state index < -0.39 is 9.84 Å². The largest absolute Gasteiger partial charge is 0.370 e. The van der Waals surface area contributed by atoms with Crippen LogP contribution < -0.4 is 5.32 Å². The monoisotopic (exact) mass is 385 g/mol. The summed E-state index contributed by atoms with van der Waals surface area (Å²) in [5, 5.41) is 7.35. The van der Waals surface area contributed by atoms with Gasteiger partial charge in [0.1, 0.15) is 0 Å². The van der Waals surface area contributed by atoms with Crippen molar-refractivity contribution < 1.29 is 13.2 Å². The SMILES string of the molecule is CNc1nn2c3c(cnc2c1S(=O)(=O)c1ccccc1)CN(C(C)=O)CC3. The lowest BCUT2D eigenvalue weighted by molar-refractivity contribution is -0.129. The van der Waals surface area contributed by atoms with Crippen LogP contribution in [0.5, 0.6) is 0 Å². The maximum absolute atomic E-state index is 13.2. The Morgan fingerprint density at radius 1 is 1.22 bits per heavy atom. The minimum atomic E-state index is -3.79. The Morgan fingerprint density at radius 3 is 2.63 bits per heavy atom. The number of aromatic nitrogens is 3. The van der Waals surface area contributed by atoms with Gasteiger partial charge in [-0.3, -0.25) is 4.79 Å². The summed E-state index contributed by atoms with van der Waals surface area (Å²) in [5.74, 6) is 0.262. The zero-order chi connectivity index (χ0) is 19.2. The average Bonchev–Trinajstić information content (AvgIpc) is 3.08. The van der Waals surface area contributed by atoms with Crippen molar-refractivity contribution >= 4 is 27.2 Å². The predicted octanol–water partition coefficient (Wildman–Crippen LogP) is 1.51. The second-order valence-electron chi connectivity index (χ2n) is 6.40. The maximum Gasteiger partial charge on any atom is 0.219 e. The van der Waals surface area contributed by atoms with Crippen LogP contribution in [0.3, 0.4) is 0 Å². The standard InChI is InChI=1S/C18H19N5O3S/c1-12(24)22-9-8-15-13(11-22)10-20-18-16(17(19-2)21-23(15)18)27(25,26)14-6-4-3-5-7-14/h3-7,10H,8-9,11H2,1-2H3,(H,19,21). The number of carbonyl (C=O) groups excluding carboxylic acids is 1. The number of rotatable bonds is 3. The van der Waals surface area contributed by atoms with Crippen LogP contribution >= 0.6 is 0 Å². The highest BCUT2D eigenvalue weighted by Crippen LogP contribution is 2.32. The molecule has 0 spiro atoms. The van der Waals surface area contributed by atoms with Gasteiger partial charge in [-0.1, -0.05) is 18.2 Å². The summed E-state index contributed by atoms with van der Waals surface area (Å²) in [6.07, 6.45) is 2.23. The van der Waals surface area contributed by atoms with Gasteiger partial charge in [-0.15, -0.1) is 5.10 Å². The smallest absolute Gasteiger partial charge is 0.219 e. The van der Waals surface area contributed by atoms with Crippen LogP contribution in [-0.2, 0) is 27.6 Å². The Morgan fingerprint density at radius 2 is 1.96 bits per heavy atom. The molecule has 1 amide bonds. The van der Waals surface area contributed by atoms with Gasteiger partial charge in [0.2, 0.25) is 15.7 Å². The predicted molar refractivity (Wildman–Crippen MR) is 99.2 cm³/mol. The van der Waals surface area contributed by atoms with E-state index in [2.05, 4.69) is 15.4 Å². The molecule has 1 aromatic carbocycles. The number of hydrogen-bond acceptors (Lipinski definition) is 6. The second-order valence-corrected chi connectivity index (χ2v) is 8.29. The molecule has 8 nitrogen and oxygen atoms in total. The van der Waals surface area contributed by atoms with Gasteiger partial charge in [-0.05, 0) is 12.1 Å². The molecule has 3 heterocycles. The maximum atomic E-state index is 13.2. The Labute approximate surface area is 156 Å². The van der Waals surface area contributed by atoms with Gasteiger partial charge in [0.25, 0.3) is 0 Å². The fourth-order valence-corrected chi connectivity index (χ4v) is 4.90. The highest BCUT2D eigenvalue weighted by molar-refractivity contribution is 7.91. The van der Waals surface area contributed by atoms with E-state index in [0.717, 1.165) is 11.3 Å². The van der Waals surface area contributed by atoms with Crippen molar-refractivity contribution in [3.8, 4) is 0 Å². The molecule has 4 rings (SSSR count). The van der Waals surface area contributed by atoms with Gasteiger partial charge in [0.15, 0.2) is 16.4 Å². The summed E-state index contributed by atoms with van der Waals surface area (Å²) < 4.78 is 28.0. The molecule has 9 heteroatoms. The molecule has 27 heavy (non-hydrogen) atoms. The van der Waals surface area contributed by atoms with E-state index in [-0.39, 0.29) is 21.5 Å². The molecular formula is C18H19N5O3S. The minimum absolute atomic E-state index is 0.00414. The zero-order valence-electron chi connectivity index (χ0n) is 15.0. The van der Waals surface area contributed by atoms with Crippen molar-refractivity contribution in [3.63, 3.8) is 0 Å². The van der Waals surface area contributed by atoms with Crippen molar-refractivity contribution in [2.75, 3.05) is 18.9 Å². The molecule has 3 aromatic rings. The molecule has 0 fully saturated rings. The molecule has 0 bridgehead atoms. The molecule has 140 valence electrons. The van der Waals surface area contributed by atoms with Crippen molar-refractivity contribution in [3.05, 3.63) is 47.8 Å². The molecule has 0 aliphatic carbocycles. The molecule has 0 saturated heterocycles. The van der Waals surface area contributed by atoms with E-state index in [1.165, 1.54) is 6.92 Å². The van der Waals surface area contributed by atoms with Crippen LogP contribution in [0.25, 0.3) is 5.65 Å². The summed E-state index contributed by atoms with van der Waals surface area (Å²) >= 11 is 0. The van der Waals surface area contributed by atoms with Gasteiger partial charge >= 0.3 is 0 Å². The summed E-state index contributed by atoms with van der Waals surface area (Å²) in [6, 6.07) is 8.25. The summed E-state index contributed by atoms with van der Waals surface area (Å²) in [4.78, 5) is 18.0. The fourth-order valence-electron chi connectivity index (χ4n) is 3.37. The van der Waals surface area contributed by atoms with Crippen molar-refractivity contribution in [2.45, 2.75) is 29.7 Å². The van der Waals surface area contributed by atoms with Crippen molar-refractivity contribution in [1.82, 2.24) is 19.5 Å². The number of benzene rings is 1. The third-order valence-electron chi connectivity index (χ3n) is 4.77. The molecule has 1 N–H and O–H groups in total. The number of hydrogen-bond donors (Lipinski definition) is 1. The van der Waals surface area contributed by atoms with E-state index in [1.54, 1.807) is 53.0 Å². The molecule has 0 atom stereocenters. The number of carbonyl (C=O) groups is 1. The van der Waals surface area contributed by atoms with E-state index in [4.69, 9.17) is 0 Å². The van der Waals surface area contributed by atoms with Crippen molar-refractivity contribution in [1.29, 1.82) is 0 Å². The van der Waals surface area contributed by atoms with Crippen molar-refractivity contribution in [2.24, 2.45) is 0 Å². The lowest BCUT2D eigenvalue weighted by atomic mass is 10.1. The van der Waals surface area contributed by atoms with Gasteiger partial charge in [0, 0.05) is 45.2 Å². The van der Waals surface area contributed by atoms with Gasteiger partial charge < -0.3 is 10.2 Å². The van der Waals surface area contributed by atoms with Crippen LogP contribution in [0.2, 0.25) is 0 Å². The summed E-state index contributed by atoms with van der Waals surface area (Å²) in [5.41, 5.74) is 2.04. The third-order valence-corrected chi connectivity index (χ3v) is 6.58. The van der Waals surface area contributed by atoms with E-state index in [9.17, 15) is 13.2 Å². The first kappa shape index (κ1) is 17.5. The Balaban J connectivity index is 1.92. The van der Waals surface area contributed by atoms with E-state index >= 15 is 0 Å². The number of sulfone groups is 1. The van der Waals surface area contributed by atoms with E-state index in [0.29, 0.717) is 25.2 Å². The summed E-state index contributed by atoms with van der Waals surface area (Å²) in [7, 11) is -2.15. The van der Waals surface area contributed by atoms with Gasteiger partial charge in [-0.25, -0.2) is 17.9 Å². The quantitative estimate of drug-likeness (QED) is 0.734. The summed E-state index contributed by atoms with van der Waals surface area (Å²) in [6.45, 7) is 2.55. The van der Waals surface area contributed by atoms with Gasteiger partial charge in [0.05, 0.1) is 10.6 Å². The first-order chi connectivity index (χ1) is 12.9.